The first-order chi connectivity index (χ1) is 15.7. The Kier molecular flexibility index (Phi) is 7.92. The molecular weight excluding hydrogens is 453 g/mol. The normalized spacial score (nSPS) is 13.4. The molecule has 34 heavy (non-hydrogen) atoms. The molecule has 3 aromatic rings. The van der Waals surface area contributed by atoms with Crippen LogP contribution in [-0.4, -0.2) is 5.29 Å². The summed E-state index contributed by atoms with van der Waals surface area (Å²) >= 11 is 0. The quantitative estimate of drug-likeness (QED) is 0.321. The first kappa shape index (κ1) is 26.8. The first-order valence-electron chi connectivity index (χ1n) is 12.0. The van der Waals surface area contributed by atoms with E-state index in [-0.39, 0.29) is 21.5 Å². The van der Waals surface area contributed by atoms with Crippen LogP contribution in [0.25, 0.3) is 0 Å². The maximum atomic E-state index is 16.5. The molecule has 3 heteroatoms. The molecule has 0 amide bonds. The Morgan fingerprint density at radius 1 is 0.618 bits per heavy atom. The summed E-state index contributed by atoms with van der Waals surface area (Å²) in [7, 11) is -0.545. The summed E-state index contributed by atoms with van der Waals surface area (Å²) in [5.74, 6) is 0. The van der Waals surface area contributed by atoms with Gasteiger partial charge in [-0.3, -0.25) is 0 Å². The van der Waals surface area contributed by atoms with E-state index in [2.05, 4.69) is 98.7 Å². The molecule has 0 bridgehead atoms. The molecule has 0 saturated carbocycles. The average Bonchev–Trinajstić information content (AvgIpc) is 2.73. The molecule has 0 aliphatic heterocycles. The molecule has 0 aliphatic carbocycles. The molecule has 3 aromatic carbocycles. The van der Waals surface area contributed by atoms with Crippen LogP contribution in [-0.2, 0) is 16.2 Å². The van der Waals surface area contributed by atoms with Crippen molar-refractivity contribution in [3.8, 4) is 0 Å². The van der Waals surface area contributed by atoms with Crippen LogP contribution in [0.15, 0.2) is 72.8 Å². The van der Waals surface area contributed by atoms with E-state index < -0.39 is 7.92 Å². The minimum Gasteiger partial charge on any atom is -0.201 e. The maximum absolute atomic E-state index is 16.5. The van der Waals surface area contributed by atoms with Crippen molar-refractivity contribution in [1.29, 1.82) is 0 Å². The van der Waals surface area contributed by atoms with Crippen molar-refractivity contribution in [3.05, 3.63) is 89.5 Å². The van der Waals surface area contributed by atoms with Gasteiger partial charge in [0, 0.05) is 13.2 Å². The Morgan fingerprint density at radius 3 is 1.32 bits per heavy atom. The van der Waals surface area contributed by atoms with Crippen LogP contribution in [0.2, 0.25) is 0 Å². The third-order valence-electron chi connectivity index (χ3n) is 6.01. The monoisotopic (exact) mass is 492 g/mol. The topological polar surface area (TPSA) is 0 Å². The fraction of sp³-hybridized carbons (Fsp3) is 0.387. The highest BCUT2D eigenvalue weighted by atomic mass is 31.1. The summed E-state index contributed by atoms with van der Waals surface area (Å²) in [6.07, 6.45) is 0. The molecule has 3 rings (SSSR count). The van der Waals surface area contributed by atoms with Crippen molar-refractivity contribution in [3.63, 3.8) is 0 Å². The van der Waals surface area contributed by atoms with Gasteiger partial charge >= 0.3 is 0 Å². The Hall–Kier alpha value is -1.81. The van der Waals surface area contributed by atoms with Gasteiger partial charge in [-0.2, -0.15) is 0 Å². The molecule has 0 unspecified atom stereocenters. The van der Waals surface area contributed by atoms with Crippen LogP contribution >= 0.6 is 16.1 Å². The zero-order valence-electron chi connectivity index (χ0n) is 22.2. The summed E-state index contributed by atoms with van der Waals surface area (Å²) in [5.41, 5.74) is 3.65. The molecule has 0 radical (unpaired) electrons. The Balaban J connectivity index is 2.33. The van der Waals surface area contributed by atoms with E-state index in [1.54, 1.807) is 0 Å². The van der Waals surface area contributed by atoms with Crippen molar-refractivity contribution >= 4 is 37.3 Å². The molecular formula is C31H39FP2. The van der Waals surface area contributed by atoms with E-state index in [0.717, 1.165) is 15.9 Å². The highest BCUT2D eigenvalue weighted by Crippen LogP contribution is 2.42. The van der Waals surface area contributed by atoms with Crippen LogP contribution < -0.4 is 15.9 Å². The smallest absolute Gasteiger partial charge is 0.157 e. The third kappa shape index (κ3) is 6.24. The Bertz CT molecular complexity index is 1070. The Labute approximate surface area is 209 Å². The largest absolute Gasteiger partial charge is 0.201 e. The van der Waals surface area contributed by atoms with Gasteiger partial charge in [0.2, 0.25) is 0 Å². The zero-order valence-corrected chi connectivity index (χ0v) is 24.0. The van der Waals surface area contributed by atoms with Gasteiger partial charge in [0.05, 0.1) is 0 Å². The van der Waals surface area contributed by atoms with Gasteiger partial charge in [0.1, 0.15) is 0 Å². The zero-order chi connectivity index (χ0) is 25.3. The maximum Gasteiger partial charge on any atom is 0.157 e. The van der Waals surface area contributed by atoms with Gasteiger partial charge in [0.25, 0.3) is 0 Å². The fourth-order valence-electron chi connectivity index (χ4n) is 3.99. The molecule has 0 heterocycles. The SMILES string of the molecule is CC(C)(C)c1cc(C(C)(C)C)c(P=C(F)P(c2ccccc2)c2ccccc2)c(C(C)(C)C)c1. The third-order valence-corrected chi connectivity index (χ3v) is 9.80. The Morgan fingerprint density at radius 2 is 1.00 bits per heavy atom. The minimum atomic E-state index is -1.22. The lowest BCUT2D eigenvalue weighted by Gasteiger charge is -2.32. The molecule has 0 atom stereocenters. The van der Waals surface area contributed by atoms with Crippen LogP contribution in [0.5, 0.6) is 0 Å². The van der Waals surface area contributed by atoms with Gasteiger partial charge in [-0.15, -0.1) is 0 Å². The van der Waals surface area contributed by atoms with Gasteiger partial charge < -0.3 is 0 Å². The lowest BCUT2D eigenvalue weighted by atomic mass is 9.75. The summed E-state index contributed by atoms with van der Waals surface area (Å²) in [6, 6.07) is 24.9. The second kappa shape index (κ2) is 10.0. The number of halogens is 1. The highest BCUT2D eigenvalue weighted by Gasteiger charge is 2.30. The van der Waals surface area contributed by atoms with Crippen molar-refractivity contribution in [1.82, 2.24) is 0 Å². The lowest BCUT2D eigenvalue weighted by molar-refractivity contribution is 0.554. The molecule has 180 valence electrons. The second-order valence-corrected chi connectivity index (χ2v) is 15.6. The fourth-order valence-corrected chi connectivity index (χ4v) is 8.27. The van der Waals surface area contributed by atoms with Crippen molar-refractivity contribution in [2.75, 3.05) is 0 Å². The van der Waals surface area contributed by atoms with Crippen LogP contribution in [0, 0.1) is 0 Å². The van der Waals surface area contributed by atoms with E-state index in [0.29, 0.717) is 8.20 Å². The molecule has 0 nitrogen and oxygen atoms in total. The van der Waals surface area contributed by atoms with Crippen molar-refractivity contribution in [2.45, 2.75) is 78.6 Å². The standard InChI is InChI=1S/C31H39FP2/c1-29(2,3)22-20-25(30(4,5)6)27(26(21-22)31(7,8)9)33-28(32)34(23-16-12-10-13-17-23)24-18-14-11-15-19-24/h10-21H,1-9H3. The number of hydrogen-bond acceptors (Lipinski definition) is 0. The van der Waals surface area contributed by atoms with E-state index in [1.165, 1.54) is 16.7 Å². The predicted molar refractivity (Wildman–Crippen MR) is 154 cm³/mol. The summed E-state index contributed by atoms with van der Waals surface area (Å²) in [5, 5.41) is 3.26. The molecule has 0 N–H and O–H groups in total. The summed E-state index contributed by atoms with van der Waals surface area (Å²) in [4.78, 5) is 0. The summed E-state index contributed by atoms with van der Waals surface area (Å²) in [6.45, 7) is 20.3. The summed E-state index contributed by atoms with van der Waals surface area (Å²) < 4.78 is 16.5. The molecule has 0 spiro atoms. The van der Waals surface area contributed by atoms with E-state index in [9.17, 15) is 0 Å². The van der Waals surface area contributed by atoms with Crippen LogP contribution in [0.1, 0.15) is 79.0 Å². The minimum absolute atomic E-state index is 0.0262. The average molecular weight is 493 g/mol. The molecule has 0 saturated heterocycles. The molecule has 0 aliphatic rings. The van der Waals surface area contributed by atoms with Crippen molar-refractivity contribution < 1.29 is 4.39 Å². The lowest BCUT2D eigenvalue weighted by Crippen LogP contribution is -2.30. The van der Waals surface area contributed by atoms with Gasteiger partial charge in [-0.25, -0.2) is 4.39 Å². The van der Waals surface area contributed by atoms with Crippen LogP contribution in [0.4, 0.5) is 4.39 Å². The van der Waals surface area contributed by atoms with Gasteiger partial charge in [0.15, 0.2) is 5.29 Å². The van der Waals surface area contributed by atoms with Gasteiger partial charge in [-0.05, 0) is 51.7 Å². The first-order valence-corrected chi connectivity index (χ1v) is 14.3. The molecule has 0 aromatic heterocycles. The van der Waals surface area contributed by atoms with Crippen LogP contribution in [0.3, 0.4) is 0 Å². The van der Waals surface area contributed by atoms with E-state index in [4.69, 9.17) is 0 Å². The molecule has 0 fully saturated rings. The van der Waals surface area contributed by atoms with Crippen molar-refractivity contribution in [2.24, 2.45) is 0 Å². The van der Waals surface area contributed by atoms with E-state index in [1.807, 2.05) is 36.4 Å². The number of rotatable bonds is 4. The predicted octanol–water partition coefficient (Wildman–Crippen LogP) is 8.34. The second-order valence-electron chi connectivity index (χ2n) is 12.1. The van der Waals surface area contributed by atoms with Gasteiger partial charge in [-0.1, -0.05) is 135 Å². The number of hydrogen-bond donors (Lipinski definition) is 0. The van der Waals surface area contributed by atoms with E-state index >= 15 is 4.39 Å². The highest BCUT2D eigenvalue weighted by molar-refractivity contribution is 7.95. The number of benzene rings is 3.